The van der Waals surface area contributed by atoms with E-state index in [2.05, 4.69) is 46.3 Å². The van der Waals surface area contributed by atoms with Crippen LogP contribution < -0.4 is 0 Å². The summed E-state index contributed by atoms with van der Waals surface area (Å²) in [5.41, 5.74) is 4.15. The van der Waals surface area contributed by atoms with E-state index < -0.39 is 0 Å². The molecule has 25 heavy (non-hydrogen) atoms. The molecule has 1 saturated heterocycles. The summed E-state index contributed by atoms with van der Waals surface area (Å²) in [6.07, 6.45) is 5.78. The zero-order valence-electron chi connectivity index (χ0n) is 14.7. The van der Waals surface area contributed by atoms with Crippen LogP contribution in [0.25, 0.3) is 6.08 Å². The summed E-state index contributed by atoms with van der Waals surface area (Å²) in [6.45, 7) is 6.52. The van der Waals surface area contributed by atoms with Crippen LogP contribution in [-0.2, 0) is 11.2 Å². The lowest BCUT2D eigenvalue weighted by Gasteiger charge is -2.34. The molecule has 0 N–H and O–H groups in total. The second-order valence-corrected chi connectivity index (χ2v) is 7.29. The van der Waals surface area contributed by atoms with Crippen LogP contribution in [0.3, 0.4) is 0 Å². The molecule has 1 aromatic heterocycles. The first kappa shape index (κ1) is 17.8. The molecule has 0 atom stereocenters. The van der Waals surface area contributed by atoms with Gasteiger partial charge < -0.3 is 4.90 Å². The minimum Gasteiger partial charge on any atom is -0.340 e. The fourth-order valence-electron chi connectivity index (χ4n) is 3.03. The van der Waals surface area contributed by atoms with Gasteiger partial charge in [0.1, 0.15) is 0 Å². The monoisotopic (exact) mass is 355 g/mol. The molecule has 0 spiro atoms. The van der Waals surface area contributed by atoms with E-state index in [9.17, 15) is 4.79 Å². The number of rotatable bonds is 6. The molecule has 132 valence electrons. The Bertz CT molecular complexity index is 703. The van der Waals surface area contributed by atoms with Crippen molar-refractivity contribution in [2.24, 2.45) is 0 Å². The van der Waals surface area contributed by atoms with Gasteiger partial charge in [0.05, 0.1) is 11.2 Å². The Morgan fingerprint density at radius 1 is 1.20 bits per heavy atom. The third kappa shape index (κ3) is 5.25. The van der Waals surface area contributed by atoms with Crippen molar-refractivity contribution < 1.29 is 4.79 Å². The molecule has 1 amide bonds. The fourth-order valence-corrected chi connectivity index (χ4v) is 3.81. The summed E-state index contributed by atoms with van der Waals surface area (Å²) >= 11 is 1.65. The number of amides is 1. The molecular formula is C20H25N3OS. The molecule has 3 rings (SSSR count). The third-order valence-corrected chi connectivity index (χ3v) is 5.60. The maximum Gasteiger partial charge on any atom is 0.223 e. The lowest BCUT2D eigenvalue weighted by Crippen LogP contribution is -2.48. The summed E-state index contributed by atoms with van der Waals surface area (Å²) in [7, 11) is 0. The quantitative estimate of drug-likeness (QED) is 0.798. The molecule has 1 aliphatic rings. The van der Waals surface area contributed by atoms with E-state index in [0.717, 1.165) is 44.8 Å². The second kappa shape index (κ2) is 8.92. The average Bonchev–Trinajstić information content (AvgIpc) is 3.06. The number of carbonyl (C=O) groups excluding carboxylic acids is 1. The number of aryl methyl sites for hydroxylation is 2. The summed E-state index contributed by atoms with van der Waals surface area (Å²) in [5.74, 6) is 0.271. The van der Waals surface area contributed by atoms with E-state index in [1.165, 1.54) is 10.4 Å². The molecule has 0 radical (unpaired) electrons. The molecule has 5 heteroatoms. The maximum atomic E-state index is 12.4. The van der Waals surface area contributed by atoms with Crippen molar-refractivity contribution in [1.82, 2.24) is 14.8 Å². The summed E-state index contributed by atoms with van der Waals surface area (Å²) in [5, 5.41) is 0. The number of aromatic nitrogens is 1. The number of hydrogen-bond donors (Lipinski definition) is 0. The number of thiazole rings is 1. The number of nitrogens with zero attached hydrogens (tertiary/aromatic N) is 3. The minimum absolute atomic E-state index is 0.271. The van der Waals surface area contributed by atoms with Gasteiger partial charge in [-0.1, -0.05) is 42.5 Å². The highest BCUT2D eigenvalue weighted by Gasteiger charge is 2.20. The Kier molecular flexibility index (Phi) is 6.36. The van der Waals surface area contributed by atoms with E-state index in [0.29, 0.717) is 6.42 Å². The molecule has 0 unspecified atom stereocenters. The molecule has 1 aromatic carbocycles. The van der Waals surface area contributed by atoms with Crippen molar-refractivity contribution in [3.63, 3.8) is 0 Å². The first-order valence-corrected chi connectivity index (χ1v) is 9.71. The smallest absolute Gasteiger partial charge is 0.223 e. The van der Waals surface area contributed by atoms with Crippen molar-refractivity contribution in [3.8, 4) is 0 Å². The van der Waals surface area contributed by atoms with Gasteiger partial charge in [0.2, 0.25) is 5.91 Å². The van der Waals surface area contributed by atoms with Crippen LogP contribution in [0.5, 0.6) is 0 Å². The Hall–Kier alpha value is -1.98. The molecule has 0 aliphatic carbocycles. The second-order valence-electron chi connectivity index (χ2n) is 6.36. The predicted octanol–water partition coefficient (Wildman–Crippen LogP) is 3.24. The lowest BCUT2D eigenvalue weighted by molar-refractivity contribution is -0.132. The van der Waals surface area contributed by atoms with Crippen molar-refractivity contribution in [2.45, 2.75) is 19.8 Å². The zero-order chi connectivity index (χ0) is 17.5. The molecule has 0 saturated carbocycles. The SMILES string of the molecule is Cc1ncsc1CCC(=O)N1CCN(C/C=C/c2ccccc2)CC1. The Morgan fingerprint density at radius 3 is 2.64 bits per heavy atom. The van der Waals surface area contributed by atoms with E-state index in [4.69, 9.17) is 0 Å². The maximum absolute atomic E-state index is 12.4. The van der Waals surface area contributed by atoms with Crippen LogP contribution in [0.1, 0.15) is 22.6 Å². The zero-order valence-corrected chi connectivity index (χ0v) is 15.5. The van der Waals surface area contributed by atoms with Crippen LogP contribution in [0.4, 0.5) is 0 Å². The first-order valence-electron chi connectivity index (χ1n) is 8.83. The normalized spacial score (nSPS) is 15.8. The first-order chi connectivity index (χ1) is 12.2. The summed E-state index contributed by atoms with van der Waals surface area (Å²) in [4.78, 5) is 22.3. The number of benzene rings is 1. The van der Waals surface area contributed by atoms with E-state index in [1.807, 2.05) is 23.4 Å². The van der Waals surface area contributed by atoms with Gasteiger partial charge in [0.25, 0.3) is 0 Å². The highest BCUT2D eigenvalue weighted by Crippen LogP contribution is 2.15. The van der Waals surface area contributed by atoms with Crippen LogP contribution in [0, 0.1) is 6.92 Å². The molecule has 2 aromatic rings. The highest BCUT2D eigenvalue weighted by molar-refractivity contribution is 7.09. The molecule has 2 heterocycles. The van der Waals surface area contributed by atoms with Gasteiger partial charge in [-0.15, -0.1) is 11.3 Å². The lowest BCUT2D eigenvalue weighted by atomic mass is 10.2. The highest BCUT2D eigenvalue weighted by atomic mass is 32.1. The van der Waals surface area contributed by atoms with Gasteiger partial charge in [-0.05, 0) is 18.9 Å². The van der Waals surface area contributed by atoms with Crippen molar-refractivity contribution in [1.29, 1.82) is 0 Å². The van der Waals surface area contributed by atoms with Gasteiger partial charge >= 0.3 is 0 Å². The van der Waals surface area contributed by atoms with E-state index in [-0.39, 0.29) is 5.91 Å². The molecular weight excluding hydrogens is 330 g/mol. The Morgan fingerprint density at radius 2 is 1.96 bits per heavy atom. The van der Waals surface area contributed by atoms with Crippen LogP contribution in [0.2, 0.25) is 0 Å². The molecule has 4 nitrogen and oxygen atoms in total. The van der Waals surface area contributed by atoms with Crippen molar-refractivity contribution in [2.75, 3.05) is 32.7 Å². The summed E-state index contributed by atoms with van der Waals surface area (Å²) < 4.78 is 0. The Balaban J connectivity index is 1.38. The number of carbonyl (C=O) groups is 1. The van der Waals surface area contributed by atoms with Crippen molar-refractivity contribution in [3.05, 3.63) is 58.1 Å². The van der Waals surface area contributed by atoms with Gasteiger partial charge in [-0.2, -0.15) is 0 Å². The number of piperazine rings is 1. The largest absolute Gasteiger partial charge is 0.340 e. The predicted molar refractivity (Wildman–Crippen MR) is 104 cm³/mol. The molecule has 0 bridgehead atoms. The van der Waals surface area contributed by atoms with Crippen molar-refractivity contribution >= 4 is 23.3 Å². The van der Waals surface area contributed by atoms with Crippen LogP contribution in [0.15, 0.2) is 41.9 Å². The summed E-state index contributed by atoms with van der Waals surface area (Å²) in [6, 6.07) is 10.4. The van der Waals surface area contributed by atoms with E-state index >= 15 is 0 Å². The standard InChI is InChI=1S/C20H25N3OS/c1-17-19(25-16-21-17)9-10-20(24)23-14-12-22(13-15-23)11-5-8-18-6-3-2-4-7-18/h2-8,16H,9-15H2,1H3/b8-5+. The van der Waals surface area contributed by atoms with Gasteiger partial charge in [0, 0.05) is 44.0 Å². The van der Waals surface area contributed by atoms with Crippen LogP contribution in [-0.4, -0.2) is 53.4 Å². The third-order valence-electron chi connectivity index (χ3n) is 4.61. The number of hydrogen-bond acceptors (Lipinski definition) is 4. The van der Waals surface area contributed by atoms with Gasteiger partial charge in [0.15, 0.2) is 0 Å². The van der Waals surface area contributed by atoms with Crippen LogP contribution >= 0.6 is 11.3 Å². The minimum atomic E-state index is 0.271. The topological polar surface area (TPSA) is 36.4 Å². The molecule has 1 aliphatic heterocycles. The van der Waals surface area contributed by atoms with E-state index in [1.54, 1.807) is 11.3 Å². The molecule has 1 fully saturated rings. The Labute approximate surface area is 153 Å². The van der Waals surface area contributed by atoms with Gasteiger partial charge in [-0.3, -0.25) is 9.69 Å². The average molecular weight is 356 g/mol. The fraction of sp³-hybridized carbons (Fsp3) is 0.400. The van der Waals surface area contributed by atoms with Gasteiger partial charge in [-0.25, -0.2) is 4.98 Å².